The second-order valence-corrected chi connectivity index (χ2v) is 6.56. The van der Waals surface area contributed by atoms with Crippen molar-refractivity contribution in [3.63, 3.8) is 0 Å². The third-order valence-electron chi connectivity index (χ3n) is 3.96. The van der Waals surface area contributed by atoms with Crippen molar-refractivity contribution in [3.8, 4) is 5.75 Å². The molecule has 2 aromatic carbocycles. The summed E-state index contributed by atoms with van der Waals surface area (Å²) in [5.41, 5.74) is 2.65. The van der Waals surface area contributed by atoms with Gasteiger partial charge >= 0.3 is 0 Å². The molecule has 4 nitrogen and oxygen atoms in total. The molecule has 0 spiro atoms. The van der Waals surface area contributed by atoms with Gasteiger partial charge in [0, 0.05) is 21.5 Å². The summed E-state index contributed by atoms with van der Waals surface area (Å²) in [6.45, 7) is 1.97. The van der Waals surface area contributed by atoms with Crippen molar-refractivity contribution < 1.29 is 13.9 Å². The van der Waals surface area contributed by atoms with Crippen molar-refractivity contribution in [1.29, 1.82) is 0 Å². The molecule has 5 heteroatoms. The van der Waals surface area contributed by atoms with Crippen LogP contribution in [0.3, 0.4) is 0 Å². The van der Waals surface area contributed by atoms with Crippen molar-refractivity contribution in [3.05, 3.63) is 64.3 Å². The molecule has 0 bridgehead atoms. The first kappa shape index (κ1) is 16.6. The maximum absolute atomic E-state index is 12.3. The lowest BCUT2D eigenvalue weighted by atomic mass is 10.1. The standard InChI is InChI=1S/C19H18BrNO3/c1-12(13-3-5-15(20)6-4-13)21-19(22)9-14-11-24-18-10-16(23-2)7-8-17(14)18/h3-8,10-12H,9H2,1-2H3,(H,21,22). The Balaban J connectivity index is 1.69. The Morgan fingerprint density at radius 3 is 2.71 bits per heavy atom. The molecule has 3 aromatic rings. The summed E-state index contributed by atoms with van der Waals surface area (Å²) in [5.74, 6) is 0.695. The van der Waals surface area contributed by atoms with Crippen LogP contribution < -0.4 is 10.1 Å². The van der Waals surface area contributed by atoms with Crippen molar-refractivity contribution in [1.82, 2.24) is 5.32 Å². The Morgan fingerprint density at radius 1 is 1.25 bits per heavy atom. The quantitative estimate of drug-likeness (QED) is 0.694. The molecule has 0 fully saturated rings. The van der Waals surface area contributed by atoms with Crippen LogP contribution in [0.4, 0.5) is 0 Å². The molecule has 0 aliphatic carbocycles. The minimum atomic E-state index is -0.0520. The molecule has 1 N–H and O–H groups in total. The second-order valence-electron chi connectivity index (χ2n) is 5.64. The third kappa shape index (κ3) is 3.62. The average molecular weight is 388 g/mol. The summed E-state index contributed by atoms with van der Waals surface area (Å²) in [5, 5.41) is 3.95. The van der Waals surface area contributed by atoms with E-state index in [0.717, 1.165) is 32.3 Å². The van der Waals surface area contributed by atoms with E-state index in [9.17, 15) is 4.79 Å². The molecule has 1 heterocycles. The largest absolute Gasteiger partial charge is 0.497 e. The smallest absolute Gasteiger partial charge is 0.225 e. The Hall–Kier alpha value is -2.27. The van der Waals surface area contributed by atoms with E-state index in [1.54, 1.807) is 13.4 Å². The van der Waals surface area contributed by atoms with Gasteiger partial charge in [-0.2, -0.15) is 0 Å². The first-order valence-corrected chi connectivity index (χ1v) is 8.45. The lowest BCUT2D eigenvalue weighted by Gasteiger charge is -2.14. The number of benzene rings is 2. The van der Waals surface area contributed by atoms with Gasteiger partial charge in [-0.25, -0.2) is 0 Å². The molecule has 0 saturated heterocycles. The fraction of sp³-hybridized carbons (Fsp3) is 0.211. The molecule has 1 aromatic heterocycles. The maximum Gasteiger partial charge on any atom is 0.225 e. The zero-order valence-electron chi connectivity index (χ0n) is 13.5. The fourth-order valence-electron chi connectivity index (χ4n) is 2.63. The van der Waals surface area contributed by atoms with Gasteiger partial charge in [0.25, 0.3) is 0 Å². The highest BCUT2D eigenvalue weighted by Crippen LogP contribution is 2.26. The van der Waals surface area contributed by atoms with Gasteiger partial charge in [0.15, 0.2) is 0 Å². The molecule has 3 rings (SSSR count). The lowest BCUT2D eigenvalue weighted by molar-refractivity contribution is -0.121. The highest BCUT2D eigenvalue weighted by atomic mass is 79.9. The molecule has 1 atom stereocenters. The number of halogens is 1. The lowest BCUT2D eigenvalue weighted by Crippen LogP contribution is -2.28. The molecule has 0 saturated carbocycles. The van der Waals surface area contributed by atoms with Crippen molar-refractivity contribution >= 4 is 32.8 Å². The van der Waals surface area contributed by atoms with E-state index in [4.69, 9.17) is 9.15 Å². The minimum absolute atomic E-state index is 0.0380. The number of hydrogen-bond donors (Lipinski definition) is 1. The van der Waals surface area contributed by atoms with Crippen molar-refractivity contribution in [2.45, 2.75) is 19.4 Å². The van der Waals surface area contributed by atoms with Crippen LogP contribution in [-0.4, -0.2) is 13.0 Å². The van der Waals surface area contributed by atoms with Crippen LogP contribution in [0.15, 0.2) is 57.6 Å². The Kier molecular flexibility index (Phi) is 4.90. The van der Waals surface area contributed by atoms with Crippen molar-refractivity contribution in [2.24, 2.45) is 0 Å². The van der Waals surface area contributed by atoms with Gasteiger partial charge in [-0.1, -0.05) is 28.1 Å². The molecular formula is C19H18BrNO3. The van der Waals surface area contributed by atoms with Gasteiger partial charge in [-0.05, 0) is 36.8 Å². The topological polar surface area (TPSA) is 51.5 Å². The van der Waals surface area contributed by atoms with E-state index in [2.05, 4.69) is 21.2 Å². The van der Waals surface area contributed by atoms with Crippen LogP contribution >= 0.6 is 15.9 Å². The third-order valence-corrected chi connectivity index (χ3v) is 4.49. The molecule has 124 valence electrons. The summed E-state index contributed by atoms with van der Waals surface area (Å²) < 4.78 is 11.7. The number of carbonyl (C=O) groups is 1. The summed E-state index contributed by atoms with van der Waals surface area (Å²) in [7, 11) is 1.61. The summed E-state index contributed by atoms with van der Waals surface area (Å²) in [4.78, 5) is 12.3. The van der Waals surface area contributed by atoms with Crippen LogP contribution in [0.5, 0.6) is 5.75 Å². The zero-order chi connectivity index (χ0) is 17.1. The zero-order valence-corrected chi connectivity index (χ0v) is 15.1. The Morgan fingerprint density at radius 2 is 2.00 bits per heavy atom. The van der Waals surface area contributed by atoms with Gasteiger partial charge in [0.1, 0.15) is 11.3 Å². The molecule has 0 aliphatic heterocycles. The van der Waals surface area contributed by atoms with E-state index in [-0.39, 0.29) is 18.4 Å². The normalized spacial score (nSPS) is 12.1. The molecule has 0 aliphatic rings. The van der Waals surface area contributed by atoms with Gasteiger partial charge in [0.2, 0.25) is 5.91 Å². The molecule has 0 radical (unpaired) electrons. The van der Waals surface area contributed by atoms with Crippen LogP contribution in [0.2, 0.25) is 0 Å². The number of carbonyl (C=O) groups excluding carboxylic acids is 1. The minimum Gasteiger partial charge on any atom is -0.497 e. The molecule has 1 amide bonds. The highest BCUT2D eigenvalue weighted by Gasteiger charge is 2.14. The summed E-state index contributed by atoms with van der Waals surface area (Å²) in [6.07, 6.45) is 1.91. The Labute approximate surface area is 148 Å². The number of hydrogen-bond acceptors (Lipinski definition) is 3. The van der Waals surface area contributed by atoms with E-state index in [1.165, 1.54) is 0 Å². The maximum atomic E-state index is 12.3. The number of fused-ring (bicyclic) bond motifs is 1. The number of furan rings is 1. The predicted octanol–water partition coefficient (Wildman–Crippen LogP) is 4.62. The number of nitrogens with one attached hydrogen (secondary N) is 1. The first-order valence-electron chi connectivity index (χ1n) is 7.66. The summed E-state index contributed by atoms with van der Waals surface area (Å²) in [6, 6.07) is 13.5. The van der Waals surface area contributed by atoms with E-state index in [1.807, 2.05) is 49.4 Å². The van der Waals surface area contributed by atoms with E-state index >= 15 is 0 Å². The number of methoxy groups -OCH3 is 1. The highest BCUT2D eigenvalue weighted by molar-refractivity contribution is 9.10. The monoisotopic (exact) mass is 387 g/mol. The number of amides is 1. The number of rotatable bonds is 5. The van der Waals surface area contributed by atoms with E-state index < -0.39 is 0 Å². The first-order chi connectivity index (χ1) is 11.6. The average Bonchev–Trinajstić information content (AvgIpc) is 2.97. The van der Waals surface area contributed by atoms with Gasteiger partial charge in [-0.3, -0.25) is 4.79 Å². The number of ether oxygens (including phenoxy) is 1. The molecule has 1 unspecified atom stereocenters. The van der Waals surface area contributed by atoms with Gasteiger partial charge < -0.3 is 14.5 Å². The van der Waals surface area contributed by atoms with Crippen molar-refractivity contribution in [2.75, 3.05) is 7.11 Å². The second kappa shape index (κ2) is 7.09. The predicted molar refractivity (Wildman–Crippen MR) is 97.2 cm³/mol. The van der Waals surface area contributed by atoms with Crippen LogP contribution in [0.25, 0.3) is 11.0 Å². The molecular weight excluding hydrogens is 370 g/mol. The molecule has 24 heavy (non-hydrogen) atoms. The SMILES string of the molecule is COc1ccc2c(CC(=O)NC(C)c3ccc(Br)cc3)coc2c1. The van der Waals surface area contributed by atoms with E-state index in [0.29, 0.717) is 0 Å². The Bertz CT molecular complexity index is 855. The van der Waals surface area contributed by atoms with Gasteiger partial charge in [0.05, 0.1) is 25.8 Å². The fourth-order valence-corrected chi connectivity index (χ4v) is 2.89. The van der Waals surface area contributed by atoms with Gasteiger partial charge in [-0.15, -0.1) is 0 Å². The van der Waals surface area contributed by atoms with Crippen LogP contribution in [0.1, 0.15) is 24.1 Å². The van der Waals surface area contributed by atoms with Crippen LogP contribution in [0, 0.1) is 0 Å². The van der Waals surface area contributed by atoms with Crippen LogP contribution in [-0.2, 0) is 11.2 Å². The summed E-state index contributed by atoms with van der Waals surface area (Å²) >= 11 is 3.41.